The van der Waals surface area contributed by atoms with Crippen molar-refractivity contribution in [1.29, 1.82) is 0 Å². The summed E-state index contributed by atoms with van der Waals surface area (Å²) in [6.07, 6.45) is 1.62. The van der Waals surface area contributed by atoms with E-state index >= 15 is 0 Å². The number of benzene rings is 1. The average molecular weight is 527 g/mol. The molecule has 0 unspecified atom stereocenters. The van der Waals surface area contributed by atoms with Gasteiger partial charge in [-0.2, -0.15) is 0 Å². The van der Waals surface area contributed by atoms with E-state index in [0.29, 0.717) is 27.0 Å². The van der Waals surface area contributed by atoms with Gasteiger partial charge in [-0.3, -0.25) is 14.5 Å². The topological polar surface area (TPSA) is 88.9 Å². The standard InChI is InChI=1S/C25H22N2O5S3/c1-4-31-24(30)21-14(2)15(3)34-22(21)26-20(28)13-27-23(29)19(35-25(27)33)12-17-10-11-18(32-17)16-8-6-5-7-9-16/h5-12H,4,13H2,1-3H3,(H,26,28)/b19-12-. The number of thioether (sulfide) groups is 1. The second kappa shape index (κ2) is 10.6. The minimum absolute atomic E-state index is 0.228. The zero-order valence-corrected chi connectivity index (χ0v) is 21.7. The summed E-state index contributed by atoms with van der Waals surface area (Å²) in [7, 11) is 0. The summed E-state index contributed by atoms with van der Waals surface area (Å²) in [4.78, 5) is 40.6. The molecule has 0 aliphatic carbocycles. The summed E-state index contributed by atoms with van der Waals surface area (Å²) in [6.45, 7) is 5.35. The fraction of sp³-hybridized carbons (Fsp3) is 0.200. The molecule has 1 N–H and O–H groups in total. The lowest BCUT2D eigenvalue weighted by Gasteiger charge is -2.14. The van der Waals surface area contributed by atoms with Gasteiger partial charge in [0.15, 0.2) is 0 Å². The quantitative estimate of drug-likeness (QED) is 0.242. The van der Waals surface area contributed by atoms with Gasteiger partial charge in [0.25, 0.3) is 5.91 Å². The number of rotatable bonds is 7. The summed E-state index contributed by atoms with van der Waals surface area (Å²) >= 11 is 7.74. The van der Waals surface area contributed by atoms with E-state index in [0.717, 1.165) is 27.8 Å². The summed E-state index contributed by atoms with van der Waals surface area (Å²) in [5.74, 6) is -0.134. The second-order valence-corrected chi connectivity index (χ2v) is 10.5. The highest BCUT2D eigenvalue weighted by atomic mass is 32.2. The summed E-state index contributed by atoms with van der Waals surface area (Å²) in [6, 6.07) is 13.2. The molecule has 1 aliphatic rings. The van der Waals surface area contributed by atoms with Gasteiger partial charge in [0.2, 0.25) is 5.91 Å². The lowest BCUT2D eigenvalue weighted by Crippen LogP contribution is -2.36. The Kier molecular flexibility index (Phi) is 7.54. The van der Waals surface area contributed by atoms with E-state index < -0.39 is 11.9 Å². The minimum Gasteiger partial charge on any atom is -0.462 e. The maximum absolute atomic E-state index is 13.0. The van der Waals surface area contributed by atoms with Gasteiger partial charge in [-0.05, 0) is 38.5 Å². The van der Waals surface area contributed by atoms with E-state index in [2.05, 4.69) is 5.32 Å². The van der Waals surface area contributed by atoms with Crippen LogP contribution in [0.1, 0.15) is 33.5 Å². The van der Waals surface area contributed by atoms with Crippen molar-refractivity contribution in [3.05, 3.63) is 69.1 Å². The van der Waals surface area contributed by atoms with Crippen molar-refractivity contribution in [2.75, 3.05) is 18.5 Å². The molecule has 0 bridgehead atoms. The lowest BCUT2D eigenvalue weighted by atomic mass is 10.1. The number of nitrogens with zero attached hydrogens (tertiary/aromatic N) is 1. The van der Waals surface area contributed by atoms with Crippen LogP contribution in [0.15, 0.2) is 51.8 Å². The fourth-order valence-corrected chi connectivity index (χ4v) is 5.73. The van der Waals surface area contributed by atoms with E-state index in [-0.39, 0.29) is 23.4 Å². The number of thiocarbonyl (C=S) groups is 1. The number of aryl methyl sites for hydroxylation is 1. The SMILES string of the molecule is CCOC(=O)c1c(NC(=O)CN2C(=O)/C(=C/c3ccc(-c4ccccc4)o3)SC2=S)sc(C)c1C. The highest BCUT2D eigenvalue weighted by Crippen LogP contribution is 2.35. The Morgan fingerprint density at radius 1 is 1.17 bits per heavy atom. The molecular formula is C25H22N2O5S3. The third-order valence-electron chi connectivity index (χ3n) is 5.25. The summed E-state index contributed by atoms with van der Waals surface area (Å²) < 4.78 is 11.3. The summed E-state index contributed by atoms with van der Waals surface area (Å²) in [5.41, 5.74) is 2.02. The number of carbonyl (C=O) groups excluding carboxylic acids is 3. The van der Waals surface area contributed by atoms with Gasteiger partial charge in [0.1, 0.15) is 27.4 Å². The van der Waals surface area contributed by atoms with Crippen LogP contribution < -0.4 is 5.32 Å². The smallest absolute Gasteiger partial charge is 0.341 e. The van der Waals surface area contributed by atoms with Crippen LogP contribution in [0.5, 0.6) is 0 Å². The average Bonchev–Trinajstić information content (AvgIpc) is 3.48. The largest absolute Gasteiger partial charge is 0.462 e. The molecule has 3 aromatic rings. The molecule has 1 aromatic carbocycles. The maximum Gasteiger partial charge on any atom is 0.341 e. The van der Waals surface area contributed by atoms with Crippen LogP contribution in [0.25, 0.3) is 17.4 Å². The third-order valence-corrected chi connectivity index (χ3v) is 7.75. The summed E-state index contributed by atoms with van der Waals surface area (Å²) in [5, 5.41) is 3.14. The number of amides is 2. The Morgan fingerprint density at radius 3 is 2.63 bits per heavy atom. The molecular weight excluding hydrogens is 504 g/mol. The molecule has 1 fully saturated rings. The molecule has 10 heteroatoms. The molecule has 0 atom stereocenters. The molecule has 180 valence electrons. The maximum atomic E-state index is 13.0. The number of ether oxygens (including phenoxy) is 1. The monoisotopic (exact) mass is 526 g/mol. The van der Waals surface area contributed by atoms with Crippen LogP contribution in [0.2, 0.25) is 0 Å². The molecule has 4 rings (SSSR count). The first-order valence-electron chi connectivity index (χ1n) is 10.8. The van der Waals surface area contributed by atoms with Crippen molar-refractivity contribution in [3.63, 3.8) is 0 Å². The number of nitrogens with one attached hydrogen (secondary N) is 1. The number of thiophene rings is 1. The highest BCUT2D eigenvalue weighted by molar-refractivity contribution is 8.26. The van der Waals surface area contributed by atoms with Crippen molar-refractivity contribution >= 4 is 68.5 Å². The van der Waals surface area contributed by atoms with Gasteiger partial charge in [0.05, 0.1) is 17.1 Å². The van der Waals surface area contributed by atoms with Gasteiger partial charge in [0, 0.05) is 16.5 Å². The number of hydrogen-bond acceptors (Lipinski definition) is 8. The van der Waals surface area contributed by atoms with Gasteiger partial charge >= 0.3 is 5.97 Å². The molecule has 1 aliphatic heterocycles. The normalized spacial score (nSPS) is 14.6. The Labute approximate surface area is 216 Å². The Morgan fingerprint density at radius 2 is 1.91 bits per heavy atom. The van der Waals surface area contributed by atoms with Crippen molar-refractivity contribution in [1.82, 2.24) is 4.90 Å². The van der Waals surface area contributed by atoms with Crippen LogP contribution in [0.3, 0.4) is 0 Å². The first kappa shape index (κ1) is 24.9. The fourth-order valence-electron chi connectivity index (χ4n) is 3.43. The number of anilines is 1. The van der Waals surface area contributed by atoms with Crippen LogP contribution in [0, 0.1) is 13.8 Å². The van der Waals surface area contributed by atoms with E-state index in [1.807, 2.05) is 43.3 Å². The Hall–Kier alpha value is -3.21. The predicted octanol–water partition coefficient (Wildman–Crippen LogP) is 5.64. The number of hydrogen-bond donors (Lipinski definition) is 1. The highest BCUT2D eigenvalue weighted by Gasteiger charge is 2.34. The first-order chi connectivity index (χ1) is 16.8. The van der Waals surface area contributed by atoms with Gasteiger partial charge in [-0.1, -0.05) is 54.3 Å². The minimum atomic E-state index is -0.494. The third kappa shape index (κ3) is 5.39. The number of carbonyl (C=O) groups is 3. The zero-order valence-electron chi connectivity index (χ0n) is 19.2. The van der Waals surface area contributed by atoms with E-state index in [1.165, 1.54) is 16.2 Å². The number of furan rings is 1. The van der Waals surface area contributed by atoms with Crippen LogP contribution in [-0.2, 0) is 14.3 Å². The van der Waals surface area contributed by atoms with Crippen molar-refractivity contribution in [3.8, 4) is 11.3 Å². The molecule has 2 aromatic heterocycles. The molecule has 1 saturated heterocycles. The van der Waals surface area contributed by atoms with Crippen LogP contribution in [-0.4, -0.2) is 40.2 Å². The van der Waals surface area contributed by atoms with Crippen LogP contribution >= 0.6 is 35.3 Å². The molecule has 3 heterocycles. The van der Waals surface area contributed by atoms with Crippen molar-refractivity contribution < 1.29 is 23.5 Å². The van der Waals surface area contributed by atoms with Gasteiger partial charge < -0.3 is 14.5 Å². The molecule has 2 amide bonds. The molecule has 0 saturated carbocycles. The number of esters is 1. The first-order valence-corrected chi connectivity index (χ1v) is 12.8. The molecule has 7 nitrogen and oxygen atoms in total. The Bertz CT molecular complexity index is 1340. The molecule has 0 spiro atoms. The van der Waals surface area contributed by atoms with Gasteiger partial charge in [-0.15, -0.1) is 11.3 Å². The van der Waals surface area contributed by atoms with Gasteiger partial charge in [-0.25, -0.2) is 4.79 Å². The van der Waals surface area contributed by atoms with E-state index in [9.17, 15) is 14.4 Å². The molecule has 0 radical (unpaired) electrons. The predicted molar refractivity (Wildman–Crippen MR) is 142 cm³/mol. The van der Waals surface area contributed by atoms with Crippen LogP contribution in [0.4, 0.5) is 5.00 Å². The second-order valence-electron chi connectivity index (χ2n) is 7.59. The molecule has 35 heavy (non-hydrogen) atoms. The van der Waals surface area contributed by atoms with Crippen molar-refractivity contribution in [2.24, 2.45) is 0 Å². The Balaban J connectivity index is 1.46. The van der Waals surface area contributed by atoms with E-state index in [4.69, 9.17) is 21.4 Å². The zero-order chi connectivity index (χ0) is 25.1. The van der Waals surface area contributed by atoms with E-state index in [1.54, 1.807) is 26.0 Å². The lowest BCUT2D eigenvalue weighted by molar-refractivity contribution is -0.126. The van der Waals surface area contributed by atoms with Crippen molar-refractivity contribution in [2.45, 2.75) is 20.8 Å².